The molecule has 0 aromatic rings. The fourth-order valence-electron chi connectivity index (χ4n) is 1.51. The third kappa shape index (κ3) is 5.15. The van der Waals surface area contributed by atoms with E-state index in [4.69, 9.17) is 12.7 Å². The standard InChI is InChI=1S/C14H23O3Si4/c1-8-20(9-2,10-3)15-14-19(7,16-18)17-21(11-4,12-5)13-6/h8-13H,1-6,14H2,7H3. The molecule has 0 aromatic carbocycles. The topological polar surface area (TPSA) is 27.7 Å². The molecule has 0 spiro atoms. The average molecular weight is 352 g/mol. The van der Waals surface area contributed by atoms with Crippen LogP contribution in [0.3, 0.4) is 0 Å². The second-order valence-corrected chi connectivity index (χ2v) is 14.9. The molecule has 0 aliphatic heterocycles. The minimum atomic E-state index is -2.65. The van der Waals surface area contributed by atoms with Crippen LogP contribution in [0.2, 0.25) is 6.55 Å². The van der Waals surface area contributed by atoms with Gasteiger partial charge in [-0.2, -0.15) is 0 Å². The molecule has 0 bridgehead atoms. The molecular formula is C14H23O3Si4. The predicted molar refractivity (Wildman–Crippen MR) is 98.2 cm³/mol. The van der Waals surface area contributed by atoms with Gasteiger partial charge in [-0.15, -0.1) is 39.5 Å². The Kier molecular flexibility index (Phi) is 8.25. The molecule has 0 saturated heterocycles. The van der Waals surface area contributed by atoms with E-state index in [-0.39, 0.29) is 0 Å². The fourth-order valence-corrected chi connectivity index (χ4v) is 9.92. The van der Waals surface area contributed by atoms with E-state index in [9.17, 15) is 0 Å². The summed E-state index contributed by atoms with van der Waals surface area (Å²) in [5.74, 6) is 0. The van der Waals surface area contributed by atoms with E-state index in [1.807, 2.05) is 6.55 Å². The van der Waals surface area contributed by atoms with Gasteiger partial charge in [-0.3, -0.25) is 0 Å². The molecule has 1 unspecified atom stereocenters. The lowest BCUT2D eigenvalue weighted by atomic mass is 11.2. The highest BCUT2D eigenvalue weighted by atomic mass is 28.5. The first-order chi connectivity index (χ1) is 9.84. The van der Waals surface area contributed by atoms with E-state index in [1.54, 1.807) is 34.2 Å². The van der Waals surface area contributed by atoms with Crippen molar-refractivity contribution in [3.8, 4) is 0 Å². The molecular weight excluding hydrogens is 328 g/mol. The van der Waals surface area contributed by atoms with Gasteiger partial charge in [0, 0.05) is 0 Å². The van der Waals surface area contributed by atoms with Crippen molar-refractivity contribution in [3.05, 3.63) is 73.7 Å². The molecule has 0 aliphatic carbocycles. The Balaban J connectivity index is 5.21. The second kappa shape index (κ2) is 8.59. The molecule has 3 radical (unpaired) electrons. The summed E-state index contributed by atoms with van der Waals surface area (Å²) in [6.07, 6.45) is 0.303. The monoisotopic (exact) mass is 351 g/mol. The summed E-state index contributed by atoms with van der Waals surface area (Å²) in [5.41, 5.74) is 10.5. The van der Waals surface area contributed by atoms with Crippen LogP contribution in [0.1, 0.15) is 0 Å². The lowest BCUT2D eigenvalue weighted by Crippen LogP contribution is -2.54. The van der Waals surface area contributed by atoms with Crippen LogP contribution in [0.15, 0.2) is 73.7 Å². The molecule has 0 N–H and O–H groups in total. The first kappa shape index (κ1) is 20.2. The fraction of sp³-hybridized carbons (Fsp3) is 0.143. The molecule has 0 aromatic heterocycles. The summed E-state index contributed by atoms with van der Waals surface area (Å²) in [5, 5.41) is 0. The van der Waals surface area contributed by atoms with E-state index in [0.29, 0.717) is 6.23 Å². The minimum Gasteiger partial charge on any atom is -0.436 e. The highest BCUT2D eigenvalue weighted by molar-refractivity contribution is 6.94. The Morgan fingerprint density at radius 3 is 1.48 bits per heavy atom. The predicted octanol–water partition coefficient (Wildman–Crippen LogP) is 2.97. The number of hydrogen-bond donors (Lipinski definition) is 0. The third-order valence-electron chi connectivity index (χ3n) is 3.11. The van der Waals surface area contributed by atoms with Crippen molar-refractivity contribution in [2.75, 3.05) is 6.23 Å². The van der Waals surface area contributed by atoms with E-state index in [0.717, 1.165) is 0 Å². The zero-order chi connectivity index (χ0) is 16.6. The summed E-state index contributed by atoms with van der Waals surface area (Å²) in [4.78, 5) is 0. The zero-order valence-electron chi connectivity index (χ0n) is 12.6. The van der Waals surface area contributed by atoms with Gasteiger partial charge in [0.05, 0.1) is 6.23 Å². The summed E-state index contributed by atoms with van der Waals surface area (Å²) in [7, 11) is -4.35. The molecule has 1 atom stereocenters. The van der Waals surface area contributed by atoms with Gasteiger partial charge >= 0.3 is 8.56 Å². The summed E-state index contributed by atoms with van der Waals surface area (Å²) >= 11 is 0. The molecule has 113 valence electrons. The van der Waals surface area contributed by atoms with Crippen LogP contribution in [0.4, 0.5) is 0 Å². The first-order valence-electron chi connectivity index (χ1n) is 6.34. The van der Waals surface area contributed by atoms with E-state index >= 15 is 0 Å². The molecule has 21 heavy (non-hydrogen) atoms. The van der Waals surface area contributed by atoms with Crippen LogP contribution in [-0.4, -0.2) is 41.9 Å². The van der Waals surface area contributed by atoms with Crippen LogP contribution in [-0.2, 0) is 12.7 Å². The highest BCUT2D eigenvalue weighted by Crippen LogP contribution is 2.20. The Bertz CT molecular complexity index is 392. The van der Waals surface area contributed by atoms with Crippen molar-refractivity contribution in [1.29, 1.82) is 0 Å². The maximum absolute atomic E-state index is 6.20. The van der Waals surface area contributed by atoms with Gasteiger partial charge < -0.3 is 12.7 Å². The largest absolute Gasteiger partial charge is 0.436 e. The summed E-state index contributed by atoms with van der Waals surface area (Å²) in [6, 6.07) is 0. The molecule has 0 rings (SSSR count). The van der Waals surface area contributed by atoms with Crippen LogP contribution in [0.25, 0.3) is 0 Å². The van der Waals surface area contributed by atoms with Gasteiger partial charge in [0.15, 0.2) is 0 Å². The summed E-state index contributed by atoms with van der Waals surface area (Å²) < 4.78 is 17.6. The average Bonchev–Trinajstić information content (AvgIpc) is 2.55. The van der Waals surface area contributed by atoms with E-state index < -0.39 is 25.2 Å². The van der Waals surface area contributed by atoms with Gasteiger partial charge in [0.25, 0.3) is 16.6 Å². The van der Waals surface area contributed by atoms with Crippen molar-refractivity contribution in [3.63, 3.8) is 0 Å². The van der Waals surface area contributed by atoms with Crippen molar-refractivity contribution < 1.29 is 12.7 Å². The molecule has 3 nitrogen and oxygen atoms in total. The Morgan fingerprint density at radius 1 is 0.810 bits per heavy atom. The van der Waals surface area contributed by atoms with Crippen molar-refractivity contribution in [1.82, 2.24) is 0 Å². The van der Waals surface area contributed by atoms with Gasteiger partial charge in [-0.05, 0) is 6.55 Å². The van der Waals surface area contributed by atoms with Crippen LogP contribution in [0.5, 0.6) is 0 Å². The third-order valence-corrected chi connectivity index (χ3v) is 13.4. The molecule has 0 aliphatic rings. The van der Waals surface area contributed by atoms with Gasteiger partial charge in [0.1, 0.15) is 0 Å². The number of rotatable bonds is 12. The van der Waals surface area contributed by atoms with Crippen LogP contribution < -0.4 is 0 Å². The van der Waals surface area contributed by atoms with Gasteiger partial charge in [0.2, 0.25) is 10.5 Å². The van der Waals surface area contributed by atoms with Gasteiger partial charge in [-0.1, -0.05) is 34.2 Å². The van der Waals surface area contributed by atoms with Crippen LogP contribution in [0, 0.1) is 0 Å². The molecule has 7 heteroatoms. The SMILES string of the molecule is C=C[Si](C=C)(C=C)OC[Si](C)(O[Si])O[Si](C=C)(C=C)C=C. The minimum absolute atomic E-state index is 0.303. The maximum atomic E-state index is 6.20. The lowest BCUT2D eigenvalue weighted by molar-refractivity contribution is 0.306. The zero-order valence-corrected chi connectivity index (χ0v) is 16.6. The second-order valence-electron chi connectivity index (χ2n) is 4.56. The Hall–Kier alpha value is -0.812. The quantitative estimate of drug-likeness (QED) is 0.506. The van der Waals surface area contributed by atoms with Crippen LogP contribution >= 0.6 is 0 Å². The Morgan fingerprint density at radius 2 is 1.19 bits per heavy atom. The smallest absolute Gasteiger partial charge is 0.340 e. The normalized spacial score (nSPS) is 14.6. The van der Waals surface area contributed by atoms with Crippen molar-refractivity contribution in [2.24, 2.45) is 0 Å². The molecule has 0 fully saturated rings. The highest BCUT2D eigenvalue weighted by Gasteiger charge is 2.41. The van der Waals surface area contributed by atoms with Gasteiger partial charge in [-0.25, -0.2) is 0 Å². The Labute approximate surface area is 135 Å². The van der Waals surface area contributed by atoms with E-state index in [1.165, 1.54) is 0 Å². The summed E-state index contributed by atoms with van der Waals surface area (Å²) in [6.45, 7) is 24.7. The number of hydrogen-bond acceptors (Lipinski definition) is 3. The first-order valence-corrected chi connectivity index (χ1v) is 13.6. The molecule has 0 heterocycles. The van der Waals surface area contributed by atoms with Crippen molar-refractivity contribution in [2.45, 2.75) is 6.55 Å². The molecule has 0 amide bonds. The lowest BCUT2D eigenvalue weighted by Gasteiger charge is -2.35. The van der Waals surface area contributed by atoms with E-state index in [2.05, 4.69) is 50.0 Å². The molecule has 0 saturated carbocycles. The van der Waals surface area contributed by atoms with Crippen molar-refractivity contribution >= 4 is 35.7 Å². The maximum Gasteiger partial charge on any atom is 0.340 e.